The summed E-state index contributed by atoms with van der Waals surface area (Å²) in [5, 5.41) is 9.30. The summed E-state index contributed by atoms with van der Waals surface area (Å²) in [7, 11) is 5.02. The molecule has 0 saturated heterocycles. The molecule has 1 aromatic carbocycles. The van der Waals surface area contributed by atoms with Crippen molar-refractivity contribution in [2.45, 2.75) is 151 Å². The Balaban J connectivity index is 1.95. The molecule has 0 aliphatic carbocycles. The number of para-hydroxylation sites is 1. The summed E-state index contributed by atoms with van der Waals surface area (Å²) in [6.45, 7) is 24.7. The molecule has 0 saturated carbocycles. The van der Waals surface area contributed by atoms with E-state index in [1.165, 1.54) is 16.8 Å². The number of likely N-dealkylation sites (N-methyl/N-ethyl adjacent to an activating group) is 2. The van der Waals surface area contributed by atoms with E-state index >= 15 is 0 Å². The molecule has 1 aliphatic heterocycles. The van der Waals surface area contributed by atoms with Gasteiger partial charge in [-0.25, -0.2) is 4.79 Å². The van der Waals surface area contributed by atoms with Crippen LogP contribution in [0.1, 0.15) is 115 Å². The molecule has 2 aromatic rings. The summed E-state index contributed by atoms with van der Waals surface area (Å²) >= 11 is 0. The van der Waals surface area contributed by atoms with Crippen LogP contribution < -0.4 is 16.0 Å². The zero-order valence-corrected chi connectivity index (χ0v) is 42.7. The van der Waals surface area contributed by atoms with Gasteiger partial charge in [0.15, 0.2) is 0 Å². The van der Waals surface area contributed by atoms with Crippen LogP contribution in [0.2, 0.25) is 0 Å². The van der Waals surface area contributed by atoms with E-state index in [1.54, 1.807) is 61.6 Å². The Labute approximate surface area is 396 Å². The molecule has 7 amide bonds. The maximum absolute atomic E-state index is 15.0. The second-order valence-electron chi connectivity index (χ2n) is 21.3. The van der Waals surface area contributed by atoms with Crippen molar-refractivity contribution < 1.29 is 47.8 Å². The minimum Gasteiger partial charge on any atom is -0.460 e. The average molecular weight is 934 g/mol. The highest BCUT2D eigenvalue weighted by Crippen LogP contribution is 2.37. The first kappa shape index (κ1) is 55.3. The van der Waals surface area contributed by atoms with Crippen LogP contribution in [0.4, 0.5) is 4.79 Å². The van der Waals surface area contributed by atoms with Crippen LogP contribution in [0, 0.1) is 11.3 Å². The Hall–Kier alpha value is -6.00. The molecule has 67 heavy (non-hydrogen) atoms. The molecule has 1 aromatic heterocycles. The van der Waals surface area contributed by atoms with E-state index in [0.29, 0.717) is 0 Å². The molecule has 17 heteroatoms. The van der Waals surface area contributed by atoms with Gasteiger partial charge in [-0.15, -0.1) is 0 Å². The normalized spacial score (nSPS) is 15.5. The van der Waals surface area contributed by atoms with Gasteiger partial charge in [-0.1, -0.05) is 72.7 Å². The van der Waals surface area contributed by atoms with E-state index in [1.807, 2.05) is 90.5 Å². The quantitative estimate of drug-likeness (QED) is 0.1000. The second-order valence-corrected chi connectivity index (χ2v) is 21.3. The molecule has 370 valence electrons. The number of fused-ring (bicyclic) bond motifs is 1. The Morgan fingerprint density at radius 1 is 0.791 bits per heavy atom. The fourth-order valence-electron chi connectivity index (χ4n) is 7.99. The number of esters is 1. The van der Waals surface area contributed by atoms with Gasteiger partial charge in [-0.3, -0.25) is 43.4 Å². The van der Waals surface area contributed by atoms with Crippen LogP contribution >= 0.6 is 0 Å². The maximum Gasteiger partial charge on any atom is 0.410 e. The van der Waals surface area contributed by atoms with Crippen molar-refractivity contribution in [3.63, 3.8) is 0 Å². The van der Waals surface area contributed by atoms with E-state index in [2.05, 4.69) is 16.0 Å². The van der Waals surface area contributed by atoms with Gasteiger partial charge in [0.05, 0.1) is 6.04 Å². The largest absolute Gasteiger partial charge is 0.460 e. The van der Waals surface area contributed by atoms with Gasteiger partial charge in [0.2, 0.25) is 23.6 Å². The Morgan fingerprint density at radius 3 is 1.90 bits per heavy atom. The number of carbonyl (C=O) groups is 8. The van der Waals surface area contributed by atoms with Gasteiger partial charge in [-0.05, 0) is 77.8 Å². The number of aryl methyl sites for hydroxylation is 1. The van der Waals surface area contributed by atoms with Crippen molar-refractivity contribution in [3.05, 3.63) is 59.8 Å². The lowest BCUT2D eigenvalue weighted by Gasteiger charge is -2.42. The minimum atomic E-state index is -1.21. The van der Waals surface area contributed by atoms with Crippen molar-refractivity contribution in [2.24, 2.45) is 18.4 Å². The number of nitrogens with one attached hydrogen (secondary N) is 3. The molecular weight excluding hydrogens is 859 g/mol. The van der Waals surface area contributed by atoms with Crippen molar-refractivity contribution in [1.29, 1.82) is 0 Å². The molecule has 1 unspecified atom stereocenters. The Morgan fingerprint density at radius 2 is 1.36 bits per heavy atom. The fraction of sp³-hybridized carbons (Fsp3) is 0.600. The van der Waals surface area contributed by atoms with Crippen LogP contribution in [0.25, 0.3) is 10.9 Å². The SMILES string of the molecule is C/C(=C\[C@H](C(C)C)N(C)C(=O)C(NC(=O)[C@@H](N(C)C(=O)OC(C)(C)C)C(C)(C)c1cn(C)c2ccccc12)C(C)(C)C)C(=O)N[C@@H](CCC(=O)OC(C)(C)C)C(=O)NCCN1C(=O)C=CC1=O. The smallest absolute Gasteiger partial charge is 0.410 e. The molecule has 4 atom stereocenters. The number of imide groups is 1. The highest BCUT2D eigenvalue weighted by atomic mass is 16.6. The Bertz CT molecular complexity index is 2230. The first-order valence-electron chi connectivity index (χ1n) is 22.8. The first-order chi connectivity index (χ1) is 30.7. The number of nitrogens with zero attached hydrogens (tertiary/aromatic N) is 4. The molecule has 1 aliphatic rings. The summed E-state index contributed by atoms with van der Waals surface area (Å²) in [6.07, 6.45) is 4.79. The number of ether oxygens (including phenoxy) is 2. The van der Waals surface area contributed by atoms with Crippen molar-refractivity contribution in [1.82, 2.24) is 35.2 Å². The number of hydrogen-bond acceptors (Lipinski definition) is 10. The van der Waals surface area contributed by atoms with Crippen LogP contribution in [-0.4, -0.2) is 129 Å². The van der Waals surface area contributed by atoms with Gasteiger partial charge in [0, 0.05) is 80.9 Å². The first-order valence-corrected chi connectivity index (χ1v) is 22.8. The molecule has 0 bridgehead atoms. The standard InChI is InChI=1S/C50H75N7O10/c1-30(2)36(28-31(3)42(61)52-34(22-25-39(60)66-48(7,8)9)43(62)51-26-27-57-37(58)23-24-38(57)59)55(16)45(64)40(47(4,5)6)53-44(63)41(56(17)46(65)67-49(10,11)12)50(13,14)33-29-54(15)35-21-19-18-20-32(33)35/h18-21,23-24,28-30,34,36,40-41H,22,25-27H2,1-17H3,(H,51,62)(H,52,61)(H,53,63)/b31-28+/t34-,36+,40?,41+/m0/s1. The van der Waals surface area contributed by atoms with E-state index in [0.717, 1.165) is 33.5 Å². The maximum atomic E-state index is 15.0. The highest BCUT2D eigenvalue weighted by Gasteiger charge is 2.47. The topological polar surface area (TPSA) is 206 Å². The molecular formula is C50H75N7O10. The summed E-state index contributed by atoms with van der Waals surface area (Å²) in [6, 6.07) is 3.60. The summed E-state index contributed by atoms with van der Waals surface area (Å²) in [5.74, 6) is -4.17. The summed E-state index contributed by atoms with van der Waals surface area (Å²) < 4.78 is 13.2. The summed E-state index contributed by atoms with van der Waals surface area (Å²) in [4.78, 5) is 111. The van der Waals surface area contributed by atoms with Gasteiger partial charge in [0.25, 0.3) is 11.8 Å². The predicted molar refractivity (Wildman–Crippen MR) is 256 cm³/mol. The van der Waals surface area contributed by atoms with E-state index in [4.69, 9.17) is 9.47 Å². The number of rotatable bonds is 18. The third-order valence-corrected chi connectivity index (χ3v) is 11.5. The predicted octanol–water partition coefficient (Wildman–Crippen LogP) is 5.30. The molecule has 3 rings (SSSR count). The molecule has 0 spiro atoms. The molecule has 17 nitrogen and oxygen atoms in total. The number of hydrogen-bond donors (Lipinski definition) is 3. The third-order valence-electron chi connectivity index (χ3n) is 11.5. The van der Waals surface area contributed by atoms with Crippen LogP contribution in [0.15, 0.2) is 54.3 Å². The van der Waals surface area contributed by atoms with E-state index in [-0.39, 0.29) is 37.4 Å². The van der Waals surface area contributed by atoms with Gasteiger partial charge in [-0.2, -0.15) is 0 Å². The van der Waals surface area contributed by atoms with Gasteiger partial charge >= 0.3 is 12.1 Å². The monoisotopic (exact) mass is 934 g/mol. The van der Waals surface area contributed by atoms with Gasteiger partial charge in [0.1, 0.15) is 29.3 Å². The lowest BCUT2D eigenvalue weighted by molar-refractivity contribution is -0.155. The minimum absolute atomic E-state index is 0.0991. The second kappa shape index (κ2) is 21.7. The number of benzene rings is 1. The average Bonchev–Trinajstić information content (AvgIpc) is 3.71. The molecule has 0 radical (unpaired) electrons. The lowest BCUT2D eigenvalue weighted by atomic mass is 9.76. The van der Waals surface area contributed by atoms with Gasteiger partial charge < -0.3 is 34.9 Å². The zero-order valence-electron chi connectivity index (χ0n) is 42.7. The Kier molecular flexibility index (Phi) is 18.0. The lowest BCUT2D eigenvalue weighted by Crippen LogP contribution is -2.63. The zero-order chi connectivity index (χ0) is 51.1. The van der Waals surface area contributed by atoms with Crippen LogP contribution in [-0.2, 0) is 55.5 Å². The van der Waals surface area contributed by atoms with Crippen molar-refractivity contribution >= 4 is 58.4 Å². The summed E-state index contributed by atoms with van der Waals surface area (Å²) in [5.41, 5.74) is -1.59. The highest BCUT2D eigenvalue weighted by molar-refractivity contribution is 6.13. The van der Waals surface area contributed by atoms with Crippen LogP contribution in [0.3, 0.4) is 0 Å². The third kappa shape index (κ3) is 14.7. The van der Waals surface area contributed by atoms with Crippen LogP contribution in [0.5, 0.6) is 0 Å². The number of carbonyl (C=O) groups excluding carboxylic acids is 8. The van der Waals surface area contributed by atoms with Crippen molar-refractivity contribution in [3.8, 4) is 0 Å². The van der Waals surface area contributed by atoms with E-state index in [9.17, 15) is 38.4 Å². The number of aromatic nitrogens is 1. The number of amides is 7. The molecule has 3 N–H and O–H groups in total. The molecule has 2 heterocycles. The molecule has 0 fully saturated rings. The van der Waals surface area contributed by atoms with Crippen molar-refractivity contribution in [2.75, 3.05) is 27.2 Å². The fourth-order valence-corrected chi connectivity index (χ4v) is 7.99. The van der Waals surface area contributed by atoms with E-state index < -0.39 is 93.7 Å².